The molecule has 0 spiro atoms. The second-order valence-electron chi connectivity index (χ2n) is 16.6. The van der Waals surface area contributed by atoms with Gasteiger partial charge in [0.2, 0.25) is 0 Å². The first-order valence-electron chi connectivity index (χ1n) is 24.0. The molecule has 338 valence electrons. The average molecular weight is 830 g/mol. The quantitative estimate of drug-likeness (QED) is 0.0277. The van der Waals surface area contributed by atoms with Crippen molar-refractivity contribution >= 4 is 19.8 Å². The van der Waals surface area contributed by atoms with Crippen molar-refractivity contribution < 1.29 is 37.6 Å². The number of ether oxygens (including phenoxy) is 2. The largest absolute Gasteiger partial charge is 0.472 e. The fraction of sp³-hybridized carbons (Fsp3) is 0.915. The predicted molar refractivity (Wildman–Crippen MR) is 239 cm³/mol. The van der Waals surface area contributed by atoms with Crippen LogP contribution in [0.3, 0.4) is 0 Å². The molecule has 0 rings (SSSR count). The SMILES string of the molecule is CCCCCC/C=C\CCCCCCCCCC(=O)OC(COC(=O)CCCCCCCCCCCCCCCCCCCCC)COP(=O)(O)OCCN(C)C. The predicted octanol–water partition coefficient (Wildman–Crippen LogP) is 14.0. The van der Waals surface area contributed by atoms with Gasteiger partial charge in [-0.2, -0.15) is 0 Å². The first-order valence-corrected chi connectivity index (χ1v) is 25.5. The third kappa shape index (κ3) is 44.1. The van der Waals surface area contributed by atoms with Crippen molar-refractivity contribution in [3.63, 3.8) is 0 Å². The van der Waals surface area contributed by atoms with Gasteiger partial charge in [0.25, 0.3) is 0 Å². The minimum Gasteiger partial charge on any atom is -0.462 e. The van der Waals surface area contributed by atoms with Crippen molar-refractivity contribution in [3.05, 3.63) is 12.2 Å². The zero-order chi connectivity index (χ0) is 41.9. The molecule has 0 amide bonds. The highest BCUT2D eigenvalue weighted by molar-refractivity contribution is 7.47. The molecule has 2 atom stereocenters. The second-order valence-corrected chi connectivity index (χ2v) is 18.1. The molecule has 0 bridgehead atoms. The molecule has 0 radical (unpaired) electrons. The number of carbonyl (C=O) groups is 2. The van der Waals surface area contributed by atoms with E-state index >= 15 is 0 Å². The summed E-state index contributed by atoms with van der Waals surface area (Å²) in [4.78, 5) is 37.1. The van der Waals surface area contributed by atoms with Crippen LogP contribution in [0, 0.1) is 0 Å². The number of esters is 2. The summed E-state index contributed by atoms with van der Waals surface area (Å²) in [6.45, 7) is 4.35. The Balaban J connectivity index is 4.18. The first-order chi connectivity index (χ1) is 27.7. The zero-order valence-corrected chi connectivity index (χ0v) is 38.7. The molecule has 0 aliphatic carbocycles. The van der Waals surface area contributed by atoms with Crippen LogP contribution in [0.15, 0.2) is 12.2 Å². The van der Waals surface area contributed by atoms with E-state index in [9.17, 15) is 19.0 Å². The molecule has 0 heterocycles. The molecular formula is C47H92NO8P. The van der Waals surface area contributed by atoms with Crippen molar-refractivity contribution in [2.45, 2.75) is 238 Å². The number of nitrogens with zero attached hydrogens (tertiary/aromatic N) is 1. The van der Waals surface area contributed by atoms with E-state index in [0.29, 0.717) is 19.4 Å². The molecule has 10 heteroatoms. The second kappa shape index (κ2) is 42.9. The van der Waals surface area contributed by atoms with Crippen molar-refractivity contribution in [2.24, 2.45) is 0 Å². The lowest BCUT2D eigenvalue weighted by atomic mass is 10.0. The average Bonchev–Trinajstić information content (AvgIpc) is 3.18. The summed E-state index contributed by atoms with van der Waals surface area (Å²) < 4.78 is 33.5. The van der Waals surface area contributed by atoms with Crippen LogP contribution in [0.25, 0.3) is 0 Å². The van der Waals surface area contributed by atoms with E-state index < -0.39 is 26.5 Å². The van der Waals surface area contributed by atoms with E-state index in [1.807, 2.05) is 19.0 Å². The lowest BCUT2D eigenvalue weighted by Gasteiger charge is -2.20. The fourth-order valence-electron chi connectivity index (χ4n) is 6.86. The number of allylic oxidation sites excluding steroid dienone is 2. The Labute approximate surface area is 352 Å². The van der Waals surface area contributed by atoms with Gasteiger partial charge in [0.05, 0.1) is 13.2 Å². The third-order valence-electron chi connectivity index (χ3n) is 10.6. The van der Waals surface area contributed by atoms with E-state index in [-0.39, 0.29) is 25.6 Å². The van der Waals surface area contributed by atoms with Crippen molar-refractivity contribution in [3.8, 4) is 0 Å². The molecule has 0 saturated heterocycles. The molecule has 0 aliphatic heterocycles. The van der Waals surface area contributed by atoms with Gasteiger partial charge in [-0.25, -0.2) is 4.57 Å². The number of rotatable bonds is 45. The number of likely N-dealkylation sites (N-methyl/N-ethyl adjacent to an activating group) is 1. The van der Waals surface area contributed by atoms with E-state index in [1.54, 1.807) is 0 Å². The number of hydrogen-bond acceptors (Lipinski definition) is 8. The van der Waals surface area contributed by atoms with Gasteiger partial charge in [0, 0.05) is 19.4 Å². The molecular weight excluding hydrogens is 737 g/mol. The van der Waals surface area contributed by atoms with Gasteiger partial charge in [-0.1, -0.05) is 193 Å². The highest BCUT2D eigenvalue weighted by atomic mass is 31.2. The summed E-state index contributed by atoms with van der Waals surface area (Å²) in [7, 11) is -0.704. The minimum atomic E-state index is -4.36. The third-order valence-corrected chi connectivity index (χ3v) is 11.6. The van der Waals surface area contributed by atoms with Gasteiger partial charge in [-0.15, -0.1) is 0 Å². The summed E-state index contributed by atoms with van der Waals surface area (Å²) >= 11 is 0. The highest BCUT2D eigenvalue weighted by Gasteiger charge is 2.26. The van der Waals surface area contributed by atoms with E-state index in [4.69, 9.17) is 18.5 Å². The summed E-state index contributed by atoms with van der Waals surface area (Å²) in [6, 6.07) is 0. The van der Waals surface area contributed by atoms with Crippen LogP contribution in [0.4, 0.5) is 0 Å². The molecule has 0 fully saturated rings. The molecule has 1 N–H and O–H groups in total. The minimum absolute atomic E-state index is 0.00982. The summed E-state index contributed by atoms with van der Waals surface area (Å²) in [6.07, 6.45) is 44.0. The summed E-state index contributed by atoms with van der Waals surface area (Å²) in [5.74, 6) is -0.794. The normalized spacial score (nSPS) is 13.4. The van der Waals surface area contributed by atoms with Gasteiger partial charge < -0.3 is 19.3 Å². The maximum absolute atomic E-state index is 12.7. The molecule has 0 aromatic rings. The molecule has 57 heavy (non-hydrogen) atoms. The molecule has 2 unspecified atom stereocenters. The van der Waals surface area contributed by atoms with Crippen LogP contribution in [0.2, 0.25) is 0 Å². The first kappa shape index (κ1) is 55.8. The van der Waals surface area contributed by atoms with Crippen LogP contribution in [0.1, 0.15) is 232 Å². The van der Waals surface area contributed by atoms with E-state index in [1.165, 1.54) is 154 Å². The molecule has 0 aromatic carbocycles. The Kier molecular flexibility index (Phi) is 41.9. The number of carbonyl (C=O) groups excluding carboxylic acids is 2. The maximum atomic E-state index is 12.7. The van der Waals surface area contributed by atoms with Crippen molar-refractivity contribution in [2.75, 3.05) is 40.5 Å². The highest BCUT2D eigenvalue weighted by Crippen LogP contribution is 2.43. The van der Waals surface area contributed by atoms with Crippen molar-refractivity contribution in [1.29, 1.82) is 0 Å². The molecule has 0 aliphatic rings. The van der Waals surface area contributed by atoms with Crippen LogP contribution >= 0.6 is 7.82 Å². The Bertz CT molecular complexity index is 962. The standard InChI is InChI=1S/C47H92NO8P/c1-5-7-9-11-13-15-17-19-21-22-23-24-26-27-29-31-33-35-37-39-46(49)53-43-45(44-55-57(51,52)54-42-41-48(3)4)56-47(50)40-38-36-34-32-30-28-25-20-18-16-14-12-10-8-6-2/h16,18,45H,5-15,17,19-44H2,1-4H3,(H,51,52)/b18-16-. The van der Waals surface area contributed by atoms with Gasteiger partial charge >= 0.3 is 19.8 Å². The Morgan fingerprint density at radius 2 is 0.895 bits per heavy atom. The van der Waals surface area contributed by atoms with Crippen LogP contribution < -0.4 is 0 Å². The Hall–Kier alpha value is -1.25. The topological polar surface area (TPSA) is 112 Å². The molecule has 9 nitrogen and oxygen atoms in total. The zero-order valence-electron chi connectivity index (χ0n) is 37.8. The lowest BCUT2D eigenvalue weighted by Crippen LogP contribution is -2.29. The Morgan fingerprint density at radius 3 is 1.32 bits per heavy atom. The van der Waals surface area contributed by atoms with Gasteiger partial charge in [0.1, 0.15) is 6.61 Å². The van der Waals surface area contributed by atoms with Crippen LogP contribution in [-0.2, 0) is 32.7 Å². The lowest BCUT2D eigenvalue weighted by molar-refractivity contribution is -0.161. The van der Waals surface area contributed by atoms with Crippen LogP contribution in [0.5, 0.6) is 0 Å². The molecule has 0 aromatic heterocycles. The van der Waals surface area contributed by atoms with Gasteiger partial charge in [0.15, 0.2) is 6.10 Å². The number of hydrogen-bond donors (Lipinski definition) is 1. The number of unbranched alkanes of at least 4 members (excludes halogenated alkanes) is 29. The van der Waals surface area contributed by atoms with Gasteiger partial charge in [-0.3, -0.25) is 18.6 Å². The number of phosphoric acid groups is 1. The summed E-state index contributed by atoms with van der Waals surface area (Å²) in [5, 5.41) is 0. The monoisotopic (exact) mass is 830 g/mol. The molecule has 0 saturated carbocycles. The van der Waals surface area contributed by atoms with E-state index in [0.717, 1.165) is 44.9 Å². The Morgan fingerprint density at radius 1 is 0.526 bits per heavy atom. The number of phosphoric ester groups is 1. The summed E-state index contributed by atoms with van der Waals surface area (Å²) in [5.41, 5.74) is 0. The fourth-order valence-corrected chi connectivity index (χ4v) is 7.60. The van der Waals surface area contributed by atoms with Crippen molar-refractivity contribution in [1.82, 2.24) is 4.90 Å². The van der Waals surface area contributed by atoms with Gasteiger partial charge in [-0.05, 0) is 52.6 Å². The van der Waals surface area contributed by atoms with E-state index in [2.05, 4.69) is 26.0 Å². The maximum Gasteiger partial charge on any atom is 0.472 e. The van der Waals surface area contributed by atoms with Crippen LogP contribution in [-0.4, -0.2) is 68.3 Å². The smallest absolute Gasteiger partial charge is 0.462 e.